The van der Waals surface area contributed by atoms with Gasteiger partial charge < -0.3 is 9.73 Å². The van der Waals surface area contributed by atoms with Crippen molar-refractivity contribution in [3.05, 3.63) is 59.5 Å². The van der Waals surface area contributed by atoms with E-state index >= 15 is 0 Å². The van der Waals surface area contributed by atoms with E-state index in [-0.39, 0.29) is 11.3 Å². The fraction of sp³-hybridized carbons (Fsp3) is 0.476. The number of aryl methyl sites for hydroxylation is 1. The van der Waals surface area contributed by atoms with Gasteiger partial charge in [0.05, 0.1) is 0 Å². The summed E-state index contributed by atoms with van der Waals surface area (Å²) < 4.78 is 5.88. The molecular formula is C21H25NO2. The number of benzene rings is 1. The lowest BCUT2D eigenvalue weighted by Crippen LogP contribution is -2.32. The average molecular weight is 323 g/mol. The molecule has 24 heavy (non-hydrogen) atoms. The largest absolute Gasteiger partial charge is 0.466 e. The van der Waals surface area contributed by atoms with Crippen molar-refractivity contribution in [3.63, 3.8) is 0 Å². The van der Waals surface area contributed by atoms with Gasteiger partial charge in [-0.2, -0.15) is 0 Å². The molecule has 1 amide bonds. The average Bonchev–Trinajstić information content (AvgIpc) is 3.50. The van der Waals surface area contributed by atoms with Crippen molar-refractivity contribution in [1.29, 1.82) is 0 Å². The van der Waals surface area contributed by atoms with Crippen LogP contribution in [0.3, 0.4) is 0 Å². The van der Waals surface area contributed by atoms with Crippen LogP contribution in [0.15, 0.2) is 46.9 Å². The molecule has 126 valence electrons. The molecule has 2 fully saturated rings. The molecular weight excluding hydrogens is 298 g/mol. The van der Waals surface area contributed by atoms with Crippen LogP contribution in [0.5, 0.6) is 0 Å². The second-order valence-electron chi connectivity index (χ2n) is 7.55. The molecule has 1 aromatic carbocycles. The molecule has 0 unspecified atom stereocenters. The first kappa shape index (κ1) is 15.5. The Morgan fingerprint density at radius 1 is 1.21 bits per heavy atom. The van der Waals surface area contributed by atoms with Gasteiger partial charge in [0.2, 0.25) is 5.91 Å². The van der Waals surface area contributed by atoms with Crippen molar-refractivity contribution in [2.45, 2.75) is 50.4 Å². The van der Waals surface area contributed by atoms with Crippen molar-refractivity contribution in [3.8, 4) is 0 Å². The number of nitrogens with one attached hydrogen (secondary N) is 1. The zero-order valence-corrected chi connectivity index (χ0v) is 14.3. The van der Waals surface area contributed by atoms with E-state index in [2.05, 4.69) is 42.6 Å². The molecule has 0 aliphatic heterocycles. The number of carbonyl (C=O) groups excluding carboxylic acids is 1. The van der Waals surface area contributed by atoms with Crippen molar-refractivity contribution in [2.24, 2.45) is 5.92 Å². The van der Waals surface area contributed by atoms with Gasteiger partial charge in [-0.05, 0) is 42.9 Å². The molecule has 2 atom stereocenters. The van der Waals surface area contributed by atoms with Crippen LogP contribution in [0.2, 0.25) is 0 Å². The standard InChI is InChI=1S/C21H25NO2/c1-15-13-18(15)19-9-7-17(24-19)8-10-20(23)22-14-21(11-12-21)16-5-3-2-4-6-16/h2-7,9,15,18H,8,10-14H2,1H3,(H,22,23)/t15-,18-/m0/s1. The van der Waals surface area contributed by atoms with Crippen LogP contribution in [0.25, 0.3) is 0 Å². The van der Waals surface area contributed by atoms with Crippen molar-refractivity contribution >= 4 is 5.91 Å². The minimum atomic E-state index is 0.120. The summed E-state index contributed by atoms with van der Waals surface area (Å²) in [6.45, 7) is 3.00. The first-order valence-corrected chi connectivity index (χ1v) is 9.07. The third kappa shape index (κ3) is 3.26. The van der Waals surface area contributed by atoms with E-state index in [0.717, 1.165) is 24.0 Å². The van der Waals surface area contributed by atoms with Gasteiger partial charge in [0.25, 0.3) is 0 Å². The normalized spacial score (nSPS) is 23.7. The molecule has 0 bridgehead atoms. The molecule has 4 rings (SSSR count). The SMILES string of the molecule is C[C@H]1C[C@@H]1c1ccc(CCC(=O)NCC2(c3ccccc3)CC2)o1. The second-order valence-corrected chi connectivity index (χ2v) is 7.55. The van der Waals surface area contributed by atoms with Gasteiger partial charge in [-0.1, -0.05) is 37.3 Å². The highest BCUT2D eigenvalue weighted by atomic mass is 16.3. The van der Waals surface area contributed by atoms with E-state index in [1.54, 1.807) is 0 Å². The van der Waals surface area contributed by atoms with E-state index in [1.165, 1.54) is 24.8 Å². The lowest BCUT2D eigenvalue weighted by Gasteiger charge is -2.16. The molecule has 0 saturated heterocycles. The highest BCUT2D eigenvalue weighted by Crippen LogP contribution is 2.48. The van der Waals surface area contributed by atoms with Crippen LogP contribution in [0, 0.1) is 5.92 Å². The molecule has 3 heteroatoms. The van der Waals surface area contributed by atoms with E-state index in [9.17, 15) is 4.79 Å². The second kappa shape index (κ2) is 6.12. The summed E-state index contributed by atoms with van der Waals surface area (Å²) in [4.78, 5) is 12.2. The quantitative estimate of drug-likeness (QED) is 0.830. The fourth-order valence-electron chi connectivity index (χ4n) is 3.55. The zero-order valence-electron chi connectivity index (χ0n) is 14.3. The summed E-state index contributed by atoms with van der Waals surface area (Å²) in [5, 5.41) is 3.12. The Hall–Kier alpha value is -2.03. The Balaban J connectivity index is 1.25. The van der Waals surface area contributed by atoms with Crippen LogP contribution in [-0.2, 0) is 16.6 Å². The molecule has 3 nitrogen and oxygen atoms in total. The number of amides is 1. The van der Waals surface area contributed by atoms with Gasteiger partial charge in [-0.3, -0.25) is 4.79 Å². The third-order valence-electron chi connectivity index (χ3n) is 5.62. The third-order valence-corrected chi connectivity index (χ3v) is 5.62. The molecule has 2 saturated carbocycles. The Labute approximate surface area is 143 Å². The molecule has 0 radical (unpaired) electrons. The van der Waals surface area contributed by atoms with Crippen LogP contribution in [0.4, 0.5) is 0 Å². The Morgan fingerprint density at radius 2 is 1.96 bits per heavy atom. The number of hydrogen-bond donors (Lipinski definition) is 1. The van der Waals surface area contributed by atoms with Gasteiger partial charge in [0, 0.05) is 30.7 Å². The minimum absolute atomic E-state index is 0.120. The monoisotopic (exact) mass is 323 g/mol. The summed E-state index contributed by atoms with van der Waals surface area (Å²) in [7, 11) is 0. The van der Waals surface area contributed by atoms with E-state index in [4.69, 9.17) is 4.42 Å². The summed E-state index contributed by atoms with van der Waals surface area (Å²) in [6, 6.07) is 14.6. The summed E-state index contributed by atoms with van der Waals surface area (Å²) in [6.07, 6.45) is 4.75. The molecule has 0 spiro atoms. The summed E-state index contributed by atoms with van der Waals surface area (Å²) in [5.74, 6) is 3.51. The van der Waals surface area contributed by atoms with Crippen molar-refractivity contribution in [2.75, 3.05) is 6.54 Å². The van der Waals surface area contributed by atoms with Crippen LogP contribution in [-0.4, -0.2) is 12.5 Å². The van der Waals surface area contributed by atoms with E-state index < -0.39 is 0 Å². The number of carbonyl (C=O) groups is 1. The molecule has 2 aromatic rings. The zero-order chi connectivity index (χ0) is 16.6. The first-order valence-electron chi connectivity index (χ1n) is 9.07. The van der Waals surface area contributed by atoms with Crippen LogP contribution >= 0.6 is 0 Å². The number of rotatable bonds is 7. The summed E-state index contributed by atoms with van der Waals surface area (Å²) in [5.41, 5.74) is 1.52. The fourth-order valence-corrected chi connectivity index (χ4v) is 3.55. The molecule has 1 aromatic heterocycles. The Kier molecular flexibility index (Phi) is 3.95. The maximum atomic E-state index is 12.2. The van der Waals surface area contributed by atoms with E-state index in [1.807, 2.05) is 12.1 Å². The maximum Gasteiger partial charge on any atom is 0.220 e. The van der Waals surface area contributed by atoms with Gasteiger partial charge in [-0.15, -0.1) is 0 Å². The Morgan fingerprint density at radius 3 is 2.62 bits per heavy atom. The minimum Gasteiger partial charge on any atom is -0.466 e. The first-order chi connectivity index (χ1) is 11.7. The molecule has 2 aliphatic rings. The lowest BCUT2D eigenvalue weighted by atomic mass is 9.96. The van der Waals surface area contributed by atoms with Crippen LogP contribution < -0.4 is 5.32 Å². The highest BCUT2D eigenvalue weighted by molar-refractivity contribution is 5.76. The predicted octanol–water partition coefficient (Wildman–Crippen LogP) is 4.18. The smallest absolute Gasteiger partial charge is 0.220 e. The van der Waals surface area contributed by atoms with Crippen molar-refractivity contribution < 1.29 is 9.21 Å². The highest BCUT2D eigenvalue weighted by Gasteiger charge is 2.44. The van der Waals surface area contributed by atoms with Gasteiger partial charge in [0.1, 0.15) is 11.5 Å². The predicted molar refractivity (Wildman–Crippen MR) is 93.9 cm³/mol. The van der Waals surface area contributed by atoms with Gasteiger partial charge >= 0.3 is 0 Å². The number of furan rings is 1. The van der Waals surface area contributed by atoms with Gasteiger partial charge in [-0.25, -0.2) is 0 Å². The molecule has 1 heterocycles. The van der Waals surface area contributed by atoms with Crippen molar-refractivity contribution in [1.82, 2.24) is 5.32 Å². The number of hydrogen-bond acceptors (Lipinski definition) is 2. The Bertz CT molecular complexity index is 714. The summed E-state index contributed by atoms with van der Waals surface area (Å²) >= 11 is 0. The van der Waals surface area contributed by atoms with Crippen LogP contribution in [0.1, 0.15) is 55.6 Å². The topological polar surface area (TPSA) is 42.2 Å². The molecule has 2 aliphatic carbocycles. The lowest BCUT2D eigenvalue weighted by molar-refractivity contribution is -0.121. The molecule has 1 N–H and O–H groups in total. The van der Waals surface area contributed by atoms with E-state index in [0.29, 0.717) is 18.8 Å². The van der Waals surface area contributed by atoms with Gasteiger partial charge in [0.15, 0.2) is 0 Å². The maximum absolute atomic E-state index is 12.2.